The molecule has 0 saturated carbocycles. The highest BCUT2D eigenvalue weighted by Gasteiger charge is 2.15. The maximum atomic E-state index is 11.8. The van der Waals surface area contributed by atoms with Gasteiger partial charge >= 0.3 is 5.97 Å². The summed E-state index contributed by atoms with van der Waals surface area (Å²) >= 11 is 0. The van der Waals surface area contributed by atoms with Gasteiger partial charge < -0.3 is 9.47 Å². The monoisotopic (exact) mass is 406 g/mol. The van der Waals surface area contributed by atoms with Gasteiger partial charge in [0.05, 0.1) is 6.61 Å². The molecule has 3 nitrogen and oxygen atoms in total. The molecule has 0 unspecified atom stereocenters. The molecule has 0 saturated heterocycles. The highest BCUT2D eigenvalue weighted by atomic mass is 16.6. The Kier molecular flexibility index (Phi) is 10.2. The van der Waals surface area contributed by atoms with E-state index < -0.39 is 5.60 Å². The van der Waals surface area contributed by atoms with E-state index in [1.165, 1.54) is 12.0 Å². The highest BCUT2D eigenvalue weighted by molar-refractivity contribution is 5.70. The van der Waals surface area contributed by atoms with E-state index in [2.05, 4.69) is 42.2 Å². The Balaban J connectivity index is 1.55. The SMILES string of the molecule is CC(C)(C)OC(=O)CCc1ccc(COCC#CCCCCc2ccccc2)cc1. The summed E-state index contributed by atoms with van der Waals surface area (Å²) in [6.07, 6.45) is 5.40. The standard InChI is InChI=1S/C27H34O3/c1-27(2,3)30-26(28)20-19-24-15-17-25(18-16-24)22-29-21-11-6-4-5-8-12-23-13-9-7-10-14-23/h7,9-10,13-18H,4-5,8,12,19-22H2,1-3H3. The van der Waals surface area contributed by atoms with E-state index >= 15 is 0 Å². The van der Waals surface area contributed by atoms with Crippen LogP contribution in [0.15, 0.2) is 54.6 Å². The lowest BCUT2D eigenvalue weighted by atomic mass is 10.1. The number of aryl methyl sites for hydroxylation is 2. The minimum atomic E-state index is -0.427. The lowest BCUT2D eigenvalue weighted by Gasteiger charge is -2.19. The van der Waals surface area contributed by atoms with Gasteiger partial charge in [0.15, 0.2) is 0 Å². The second kappa shape index (κ2) is 12.9. The first-order valence-corrected chi connectivity index (χ1v) is 10.8. The largest absolute Gasteiger partial charge is 0.460 e. The number of hydrogen-bond donors (Lipinski definition) is 0. The first-order chi connectivity index (χ1) is 14.4. The number of carbonyl (C=O) groups is 1. The summed E-state index contributed by atoms with van der Waals surface area (Å²) < 4.78 is 11.0. The third-order valence-corrected chi connectivity index (χ3v) is 4.49. The molecule has 2 aromatic carbocycles. The molecule has 0 N–H and O–H groups in total. The fourth-order valence-corrected chi connectivity index (χ4v) is 2.99. The molecule has 2 rings (SSSR count). The Bertz CT molecular complexity index is 805. The summed E-state index contributed by atoms with van der Waals surface area (Å²) in [5.74, 6) is 6.13. The van der Waals surface area contributed by atoms with Crippen LogP contribution >= 0.6 is 0 Å². The summed E-state index contributed by atoms with van der Waals surface area (Å²) in [4.78, 5) is 11.8. The molecule has 0 spiro atoms. The van der Waals surface area contributed by atoms with Crippen molar-refractivity contribution in [2.75, 3.05) is 6.61 Å². The van der Waals surface area contributed by atoms with E-state index in [4.69, 9.17) is 9.47 Å². The predicted molar refractivity (Wildman–Crippen MR) is 122 cm³/mol. The van der Waals surface area contributed by atoms with Crippen LogP contribution in [0.3, 0.4) is 0 Å². The molecule has 160 valence electrons. The zero-order valence-corrected chi connectivity index (χ0v) is 18.6. The summed E-state index contributed by atoms with van der Waals surface area (Å²) in [6.45, 7) is 6.66. The van der Waals surface area contributed by atoms with Crippen molar-refractivity contribution in [3.05, 3.63) is 71.3 Å². The predicted octanol–water partition coefficient (Wildman–Crippen LogP) is 5.89. The summed E-state index contributed by atoms with van der Waals surface area (Å²) in [5, 5.41) is 0. The fraction of sp³-hybridized carbons (Fsp3) is 0.444. The number of hydrogen-bond acceptors (Lipinski definition) is 3. The van der Waals surface area contributed by atoms with Crippen LogP contribution in [0.25, 0.3) is 0 Å². The zero-order chi connectivity index (χ0) is 21.7. The van der Waals surface area contributed by atoms with Crippen molar-refractivity contribution in [1.29, 1.82) is 0 Å². The molecule has 0 fully saturated rings. The number of esters is 1. The van der Waals surface area contributed by atoms with Gasteiger partial charge in [0, 0.05) is 12.8 Å². The van der Waals surface area contributed by atoms with Gasteiger partial charge in [0.25, 0.3) is 0 Å². The maximum absolute atomic E-state index is 11.8. The minimum absolute atomic E-state index is 0.159. The molecule has 30 heavy (non-hydrogen) atoms. The fourth-order valence-electron chi connectivity index (χ4n) is 2.99. The Morgan fingerprint density at radius 1 is 0.833 bits per heavy atom. The van der Waals surface area contributed by atoms with E-state index in [9.17, 15) is 4.79 Å². The van der Waals surface area contributed by atoms with Gasteiger partial charge in [-0.05, 0) is 63.1 Å². The smallest absolute Gasteiger partial charge is 0.306 e. The minimum Gasteiger partial charge on any atom is -0.460 e. The average Bonchev–Trinajstić information content (AvgIpc) is 2.71. The van der Waals surface area contributed by atoms with Crippen molar-refractivity contribution in [1.82, 2.24) is 0 Å². The number of carbonyl (C=O) groups excluding carboxylic acids is 1. The van der Waals surface area contributed by atoms with Gasteiger partial charge in [-0.3, -0.25) is 4.79 Å². The summed E-state index contributed by atoms with van der Waals surface area (Å²) in [5.41, 5.74) is 3.20. The lowest BCUT2D eigenvalue weighted by molar-refractivity contribution is -0.154. The lowest BCUT2D eigenvalue weighted by Crippen LogP contribution is -2.23. The van der Waals surface area contributed by atoms with E-state index in [-0.39, 0.29) is 5.97 Å². The molecule has 0 aliphatic rings. The van der Waals surface area contributed by atoms with Crippen LogP contribution < -0.4 is 0 Å². The second-order valence-corrected chi connectivity index (χ2v) is 8.44. The van der Waals surface area contributed by atoms with Gasteiger partial charge in [-0.15, -0.1) is 5.92 Å². The van der Waals surface area contributed by atoms with Gasteiger partial charge in [-0.25, -0.2) is 0 Å². The van der Waals surface area contributed by atoms with Gasteiger partial charge in [-0.2, -0.15) is 0 Å². The van der Waals surface area contributed by atoms with Crippen molar-refractivity contribution in [3.63, 3.8) is 0 Å². The van der Waals surface area contributed by atoms with Crippen LogP contribution in [0.5, 0.6) is 0 Å². The van der Waals surface area contributed by atoms with E-state index in [1.54, 1.807) is 0 Å². The maximum Gasteiger partial charge on any atom is 0.306 e. The Hall–Kier alpha value is -2.57. The van der Waals surface area contributed by atoms with Crippen LogP contribution in [-0.4, -0.2) is 18.2 Å². The molecule has 0 atom stereocenters. The van der Waals surface area contributed by atoms with E-state index in [0.29, 0.717) is 26.1 Å². The van der Waals surface area contributed by atoms with E-state index in [0.717, 1.165) is 30.4 Å². The van der Waals surface area contributed by atoms with E-state index in [1.807, 2.05) is 45.0 Å². The van der Waals surface area contributed by atoms with Crippen LogP contribution in [-0.2, 0) is 33.7 Å². The topological polar surface area (TPSA) is 35.5 Å². The first-order valence-electron chi connectivity index (χ1n) is 10.8. The summed E-state index contributed by atoms with van der Waals surface area (Å²) in [7, 11) is 0. The Morgan fingerprint density at radius 2 is 1.50 bits per heavy atom. The summed E-state index contributed by atoms with van der Waals surface area (Å²) in [6, 6.07) is 18.7. The number of rotatable bonds is 10. The normalized spacial score (nSPS) is 10.9. The number of benzene rings is 2. The zero-order valence-electron chi connectivity index (χ0n) is 18.6. The van der Waals surface area contributed by atoms with Crippen molar-refractivity contribution in [2.24, 2.45) is 0 Å². The molecule has 0 radical (unpaired) electrons. The van der Waals surface area contributed by atoms with Gasteiger partial charge in [0.2, 0.25) is 0 Å². The molecule has 2 aromatic rings. The molecular weight excluding hydrogens is 372 g/mol. The number of unbranched alkanes of at least 4 members (excludes halogenated alkanes) is 2. The van der Waals surface area contributed by atoms with Crippen molar-refractivity contribution in [3.8, 4) is 11.8 Å². The molecule has 3 heteroatoms. The van der Waals surface area contributed by atoms with Crippen LogP contribution in [0.4, 0.5) is 0 Å². The molecular formula is C27H34O3. The van der Waals surface area contributed by atoms with Crippen molar-refractivity contribution in [2.45, 2.75) is 71.5 Å². The second-order valence-electron chi connectivity index (χ2n) is 8.44. The molecule has 0 aromatic heterocycles. The van der Waals surface area contributed by atoms with Gasteiger partial charge in [-0.1, -0.05) is 60.5 Å². The third-order valence-electron chi connectivity index (χ3n) is 4.49. The van der Waals surface area contributed by atoms with Crippen molar-refractivity contribution >= 4 is 5.97 Å². The number of ether oxygens (including phenoxy) is 2. The molecule has 0 aliphatic heterocycles. The van der Waals surface area contributed by atoms with Crippen molar-refractivity contribution < 1.29 is 14.3 Å². The third kappa shape index (κ3) is 10.8. The highest BCUT2D eigenvalue weighted by Crippen LogP contribution is 2.12. The van der Waals surface area contributed by atoms with Crippen LogP contribution in [0.2, 0.25) is 0 Å². The first kappa shape index (κ1) is 23.7. The molecule has 0 heterocycles. The molecule has 0 aliphatic carbocycles. The molecule has 0 bridgehead atoms. The average molecular weight is 407 g/mol. The Labute approximate surface area is 181 Å². The Morgan fingerprint density at radius 3 is 2.20 bits per heavy atom. The van der Waals surface area contributed by atoms with Crippen LogP contribution in [0, 0.1) is 11.8 Å². The van der Waals surface area contributed by atoms with Gasteiger partial charge in [0.1, 0.15) is 12.2 Å². The molecule has 0 amide bonds. The van der Waals surface area contributed by atoms with Crippen LogP contribution in [0.1, 0.15) is 63.1 Å². The quantitative estimate of drug-likeness (QED) is 0.280.